The summed E-state index contributed by atoms with van der Waals surface area (Å²) in [5.74, 6) is 0. The Balaban J connectivity index is 1.22. The van der Waals surface area contributed by atoms with Crippen LogP contribution in [0.15, 0.2) is 170 Å². The first kappa shape index (κ1) is 35.7. The molecule has 0 radical (unpaired) electrons. The molecule has 0 amide bonds. The minimum absolute atomic E-state index is 0.0529. The zero-order chi connectivity index (χ0) is 38.2. The molecule has 0 atom stereocenters. The van der Waals surface area contributed by atoms with E-state index in [1.165, 1.54) is 75.1 Å². The van der Waals surface area contributed by atoms with Crippen molar-refractivity contribution in [1.29, 1.82) is 0 Å². The van der Waals surface area contributed by atoms with E-state index < -0.39 is 0 Å². The second kappa shape index (κ2) is 14.9. The Hall–Kier alpha value is -6.02. The van der Waals surface area contributed by atoms with Crippen molar-refractivity contribution in [3.8, 4) is 0 Å². The van der Waals surface area contributed by atoms with E-state index in [0.717, 1.165) is 47.3 Å². The molecular formula is C55H46S. The number of thiophene rings is 1. The zero-order valence-corrected chi connectivity index (χ0v) is 33.1. The van der Waals surface area contributed by atoms with Gasteiger partial charge in [0.25, 0.3) is 0 Å². The summed E-state index contributed by atoms with van der Waals surface area (Å²) in [6.07, 6.45) is 17.7. The van der Waals surface area contributed by atoms with Crippen LogP contribution >= 0.6 is 11.3 Å². The van der Waals surface area contributed by atoms with Gasteiger partial charge in [0.05, 0.1) is 0 Å². The van der Waals surface area contributed by atoms with Crippen molar-refractivity contribution < 1.29 is 0 Å². The lowest BCUT2D eigenvalue weighted by molar-refractivity contribution is 0.538. The number of benzene rings is 6. The van der Waals surface area contributed by atoms with E-state index in [1.54, 1.807) is 0 Å². The van der Waals surface area contributed by atoms with Crippen molar-refractivity contribution in [3.63, 3.8) is 0 Å². The standard InChI is InChI=1S/C55H46S/c1-37-17-9-10-18-41(37)33-38(2)45-20-7-5-6-8-21-46(48-23-13-12-22-47(45)48)40-29-27-39(28-30-40)44-35-51-42(34-43-19-11-15-25-52(43)55(3,4)36-44)31-32-50-49-24-14-16-26-53(49)56-54(50)51/h7-33,35H,1-2,5-6,34,36H2,3-4H3/b20-7?,21-8+,41-33-,44-35+,47-45?,48-46+. The van der Waals surface area contributed by atoms with Gasteiger partial charge in [0.15, 0.2) is 0 Å². The number of allylic oxidation sites excluding steroid dienone is 6. The minimum atomic E-state index is -0.0529. The molecule has 0 aliphatic heterocycles. The number of hydrogen-bond acceptors (Lipinski definition) is 1. The maximum absolute atomic E-state index is 4.59. The molecule has 7 aromatic rings. The third kappa shape index (κ3) is 6.78. The first-order valence-corrected chi connectivity index (χ1v) is 20.6. The van der Waals surface area contributed by atoms with Gasteiger partial charge in [0.1, 0.15) is 0 Å². The van der Waals surface area contributed by atoms with Gasteiger partial charge in [-0.2, -0.15) is 0 Å². The van der Waals surface area contributed by atoms with Crippen LogP contribution in [0.4, 0.5) is 0 Å². The van der Waals surface area contributed by atoms with E-state index in [9.17, 15) is 0 Å². The van der Waals surface area contributed by atoms with Gasteiger partial charge >= 0.3 is 0 Å². The molecule has 272 valence electrons. The second-order valence-electron chi connectivity index (χ2n) is 15.9. The van der Waals surface area contributed by atoms with Gasteiger partial charge in [0, 0.05) is 20.2 Å². The molecule has 56 heavy (non-hydrogen) atoms. The van der Waals surface area contributed by atoms with Crippen molar-refractivity contribution in [2.45, 2.75) is 44.9 Å². The summed E-state index contributed by atoms with van der Waals surface area (Å²) < 4.78 is 2.73. The van der Waals surface area contributed by atoms with Crippen LogP contribution < -0.4 is 20.9 Å². The van der Waals surface area contributed by atoms with Crippen LogP contribution in [0.25, 0.3) is 55.6 Å². The Bertz CT molecular complexity index is 3010. The quantitative estimate of drug-likeness (QED) is 0.169. The van der Waals surface area contributed by atoms with Crippen molar-refractivity contribution in [2.24, 2.45) is 0 Å². The summed E-state index contributed by atoms with van der Waals surface area (Å²) in [6.45, 7) is 13.7. The maximum atomic E-state index is 4.59. The molecule has 0 N–H and O–H groups in total. The summed E-state index contributed by atoms with van der Waals surface area (Å²) in [6, 6.07) is 49.1. The highest BCUT2D eigenvalue weighted by Crippen LogP contribution is 2.44. The third-order valence-corrected chi connectivity index (χ3v) is 12.8. The molecule has 0 saturated heterocycles. The molecule has 0 spiro atoms. The van der Waals surface area contributed by atoms with Crippen LogP contribution in [0.2, 0.25) is 0 Å². The average molecular weight is 739 g/mol. The number of rotatable bonds is 4. The molecule has 2 aliphatic rings. The van der Waals surface area contributed by atoms with Crippen LogP contribution in [0, 0.1) is 0 Å². The Morgan fingerprint density at radius 3 is 2.20 bits per heavy atom. The smallest absolute Gasteiger partial charge is 0.0430 e. The van der Waals surface area contributed by atoms with Crippen LogP contribution in [0.3, 0.4) is 0 Å². The molecule has 9 rings (SSSR count). The predicted octanol–water partition coefficient (Wildman–Crippen LogP) is 11.6. The molecule has 0 bridgehead atoms. The fourth-order valence-corrected chi connectivity index (χ4v) is 9.99. The van der Waals surface area contributed by atoms with Gasteiger partial charge in [-0.15, -0.1) is 11.3 Å². The molecule has 0 unspecified atom stereocenters. The summed E-state index contributed by atoms with van der Waals surface area (Å²) in [4.78, 5) is 0. The van der Waals surface area contributed by atoms with Gasteiger partial charge in [-0.05, 0) is 126 Å². The first-order valence-electron chi connectivity index (χ1n) is 19.8. The largest absolute Gasteiger partial charge is 0.135 e. The van der Waals surface area contributed by atoms with Gasteiger partial charge in [0.2, 0.25) is 0 Å². The predicted molar refractivity (Wildman–Crippen MR) is 244 cm³/mol. The minimum Gasteiger partial charge on any atom is -0.135 e. The van der Waals surface area contributed by atoms with Gasteiger partial charge in [-0.1, -0.05) is 179 Å². The van der Waals surface area contributed by atoms with Crippen molar-refractivity contribution in [3.05, 3.63) is 224 Å². The highest BCUT2D eigenvalue weighted by Gasteiger charge is 2.28. The normalized spacial score (nSPS) is 18.1. The summed E-state index contributed by atoms with van der Waals surface area (Å²) in [5, 5.41) is 7.17. The molecule has 1 heteroatoms. The Labute approximate surface area is 334 Å². The van der Waals surface area contributed by atoms with E-state index in [2.05, 4.69) is 191 Å². The zero-order valence-electron chi connectivity index (χ0n) is 32.3. The summed E-state index contributed by atoms with van der Waals surface area (Å²) >= 11 is 1.93. The van der Waals surface area contributed by atoms with Crippen LogP contribution in [0.5, 0.6) is 0 Å². The molecule has 1 aromatic heterocycles. The third-order valence-electron chi connectivity index (χ3n) is 11.6. The highest BCUT2D eigenvalue weighted by atomic mass is 32.1. The van der Waals surface area contributed by atoms with Gasteiger partial charge in [-0.3, -0.25) is 0 Å². The van der Waals surface area contributed by atoms with Crippen molar-refractivity contribution in [1.82, 2.24) is 0 Å². The van der Waals surface area contributed by atoms with Crippen LogP contribution in [-0.4, -0.2) is 0 Å². The maximum Gasteiger partial charge on any atom is 0.0430 e. The molecule has 6 aromatic carbocycles. The van der Waals surface area contributed by atoms with Gasteiger partial charge in [-0.25, -0.2) is 0 Å². The molecule has 0 fully saturated rings. The summed E-state index contributed by atoms with van der Waals surface area (Å²) in [5.41, 5.74) is 12.7. The molecular weight excluding hydrogens is 693 g/mol. The Morgan fingerprint density at radius 2 is 1.36 bits per heavy atom. The van der Waals surface area contributed by atoms with Crippen molar-refractivity contribution in [2.75, 3.05) is 0 Å². The lowest BCUT2D eigenvalue weighted by atomic mass is 9.75. The Morgan fingerprint density at radius 1 is 0.661 bits per heavy atom. The number of fused-ring (bicyclic) bond motifs is 7. The summed E-state index contributed by atoms with van der Waals surface area (Å²) in [7, 11) is 0. The van der Waals surface area contributed by atoms with Crippen LogP contribution in [-0.2, 0) is 11.8 Å². The van der Waals surface area contributed by atoms with Gasteiger partial charge < -0.3 is 0 Å². The molecule has 0 nitrogen and oxygen atoms in total. The monoisotopic (exact) mass is 738 g/mol. The molecule has 2 aliphatic carbocycles. The number of hydrogen-bond donors (Lipinski definition) is 0. The topological polar surface area (TPSA) is 0 Å². The lowest BCUT2D eigenvalue weighted by Crippen LogP contribution is -2.29. The van der Waals surface area contributed by atoms with E-state index in [0.29, 0.717) is 0 Å². The SMILES string of the molecule is C=C(/C=c1/ccccc1=C)C1=c2cccc/c2=C(c2ccc(/C3=C/c4c(ccc5c4sc4ccccc45)Cc4ccccc4C(C)(C)C3)cc2)/C=C/CCC=C1. The molecule has 0 saturated carbocycles. The van der Waals surface area contributed by atoms with E-state index in [1.807, 2.05) is 17.4 Å². The Kier molecular flexibility index (Phi) is 9.49. The van der Waals surface area contributed by atoms with E-state index in [4.69, 9.17) is 0 Å². The lowest BCUT2D eigenvalue weighted by Gasteiger charge is -2.29. The molecule has 1 heterocycles. The van der Waals surface area contributed by atoms with E-state index in [-0.39, 0.29) is 5.41 Å². The van der Waals surface area contributed by atoms with Crippen molar-refractivity contribution >= 4 is 67.0 Å². The fourth-order valence-electron chi connectivity index (χ4n) is 8.75. The second-order valence-corrected chi connectivity index (χ2v) is 16.9. The average Bonchev–Trinajstić information content (AvgIpc) is 3.61. The van der Waals surface area contributed by atoms with Crippen LogP contribution in [0.1, 0.15) is 66.5 Å². The fraction of sp³-hybridized carbons (Fsp3) is 0.127. The van der Waals surface area contributed by atoms with E-state index >= 15 is 0 Å². The highest BCUT2D eigenvalue weighted by molar-refractivity contribution is 7.26. The first-order chi connectivity index (χ1) is 27.3.